The van der Waals surface area contributed by atoms with Crippen LogP contribution in [0.15, 0.2) is 29.2 Å². The molecule has 0 aliphatic rings. The molecule has 1 aromatic carbocycles. The number of hydrogen-bond acceptors (Lipinski definition) is 5. The fourth-order valence-corrected chi connectivity index (χ4v) is 2.92. The maximum absolute atomic E-state index is 12.4. The van der Waals surface area contributed by atoms with Crippen LogP contribution in [0.2, 0.25) is 0 Å². The van der Waals surface area contributed by atoms with E-state index in [1.165, 1.54) is 45.0 Å². The zero-order valence-electron chi connectivity index (χ0n) is 13.4. The highest BCUT2D eigenvalue weighted by atomic mass is 32.2. The molecule has 0 fully saturated rings. The van der Waals surface area contributed by atoms with Gasteiger partial charge in [-0.2, -0.15) is 0 Å². The lowest BCUT2D eigenvalue weighted by molar-refractivity contribution is -0.134. The summed E-state index contributed by atoms with van der Waals surface area (Å²) >= 11 is 0. The Bertz CT molecular complexity index is 767. The van der Waals surface area contributed by atoms with Crippen molar-refractivity contribution < 1.29 is 27.5 Å². The molecule has 0 aliphatic carbocycles. The minimum Gasteiger partial charge on any atom is -0.427 e. The highest BCUT2D eigenvalue weighted by molar-refractivity contribution is 8.08. The van der Waals surface area contributed by atoms with Crippen molar-refractivity contribution in [3.63, 3.8) is 0 Å². The van der Waals surface area contributed by atoms with Gasteiger partial charge in [0.15, 0.2) is 0 Å². The molecule has 0 aliphatic heterocycles. The fraction of sp³-hybridized carbons (Fsp3) is 0.400. The second-order valence-electron chi connectivity index (χ2n) is 5.79. The summed E-state index contributed by atoms with van der Waals surface area (Å²) in [5.41, 5.74) is 7.96. The van der Waals surface area contributed by atoms with Crippen LogP contribution in [0.3, 0.4) is 0 Å². The van der Waals surface area contributed by atoms with E-state index < -0.39 is 32.0 Å². The van der Waals surface area contributed by atoms with E-state index in [-0.39, 0.29) is 17.1 Å². The number of carbonyl (C=O) groups excluding carboxylic acids is 2. The van der Waals surface area contributed by atoms with Gasteiger partial charge in [0.05, 0.1) is 4.90 Å². The molecule has 7 nitrogen and oxygen atoms in total. The van der Waals surface area contributed by atoms with Gasteiger partial charge in [0.1, 0.15) is 5.75 Å². The maximum atomic E-state index is 12.4. The second kappa shape index (κ2) is 6.85. The first-order valence-corrected chi connectivity index (χ1v) is 8.35. The van der Waals surface area contributed by atoms with Crippen LogP contribution in [-0.4, -0.2) is 30.0 Å². The molecule has 0 heterocycles. The monoisotopic (exact) mass is 338 g/mol. The molecule has 1 aromatic rings. The smallest absolute Gasteiger partial charge is 0.427 e. The van der Waals surface area contributed by atoms with E-state index in [4.69, 9.17) is 10.3 Å². The highest BCUT2D eigenvalue weighted by Crippen LogP contribution is 2.22. The molecule has 0 saturated carbocycles. The molecule has 0 atom stereocenters. The summed E-state index contributed by atoms with van der Waals surface area (Å²) in [6.45, 7) is 6.18. The topological polar surface area (TPSA) is 114 Å². The molecule has 1 rings (SSSR count). The Morgan fingerprint density at radius 3 is 2.09 bits per heavy atom. The number of hydrogen-bond donors (Lipinski definition) is 0. The molecule has 8 heteroatoms. The Labute approximate surface area is 134 Å². The van der Waals surface area contributed by atoms with Crippen LogP contribution in [0.5, 0.6) is 5.75 Å². The molecule has 0 N–H and O–H groups in total. The van der Waals surface area contributed by atoms with Crippen LogP contribution in [-0.2, 0) is 19.4 Å². The lowest BCUT2D eigenvalue weighted by Crippen LogP contribution is -2.34. The van der Waals surface area contributed by atoms with E-state index in [0.717, 1.165) is 0 Å². The normalized spacial score (nSPS) is 11.5. The van der Waals surface area contributed by atoms with Gasteiger partial charge in [-0.15, -0.1) is 4.79 Å². The number of benzene rings is 1. The summed E-state index contributed by atoms with van der Waals surface area (Å²) in [4.78, 5) is 25.8. The van der Waals surface area contributed by atoms with Crippen molar-refractivity contribution in [1.82, 2.24) is 0 Å². The third-order valence-corrected chi connectivity index (χ3v) is 4.54. The van der Waals surface area contributed by atoms with Crippen LogP contribution in [0.1, 0.15) is 34.1 Å². The van der Waals surface area contributed by atoms with Crippen molar-refractivity contribution in [3.8, 4) is 5.75 Å². The number of esters is 1. The average molecular weight is 338 g/mol. The van der Waals surface area contributed by atoms with Gasteiger partial charge in [-0.3, -0.25) is 9.59 Å². The Morgan fingerprint density at radius 2 is 1.70 bits per heavy atom. The van der Waals surface area contributed by atoms with Crippen molar-refractivity contribution in [2.75, 3.05) is 0 Å². The van der Waals surface area contributed by atoms with Crippen LogP contribution in [0, 0.1) is 5.41 Å². The van der Waals surface area contributed by atoms with E-state index in [1.807, 2.05) is 0 Å². The minimum atomic E-state index is -4.27. The predicted octanol–water partition coefficient (Wildman–Crippen LogP) is 2.02. The number of carbonyl (C=O) groups is 2. The van der Waals surface area contributed by atoms with Crippen molar-refractivity contribution in [1.29, 1.82) is 0 Å². The summed E-state index contributed by atoms with van der Waals surface area (Å²) in [6.07, 6.45) is 0.182. The van der Waals surface area contributed by atoms with E-state index in [1.54, 1.807) is 6.92 Å². The van der Waals surface area contributed by atoms with Gasteiger partial charge in [0.25, 0.3) is 15.6 Å². The molecule has 0 amide bonds. The van der Waals surface area contributed by atoms with Gasteiger partial charge in [0, 0.05) is 11.8 Å². The Kier molecular flexibility index (Phi) is 5.58. The van der Waals surface area contributed by atoms with E-state index in [2.05, 4.69) is 4.79 Å². The summed E-state index contributed by atoms with van der Waals surface area (Å²) in [6, 6.07) is 4.93. The largest absolute Gasteiger partial charge is 0.452 e. The molecule has 0 saturated heterocycles. The first-order chi connectivity index (χ1) is 10.5. The lowest BCUT2D eigenvalue weighted by atomic mass is 9.91. The number of ether oxygens (including phenoxy) is 1. The first-order valence-electron chi connectivity index (χ1n) is 6.86. The second-order valence-corrected chi connectivity index (χ2v) is 7.65. The molecule has 0 radical (unpaired) electrons. The first kappa shape index (κ1) is 18.7. The number of sulfone groups is 1. The van der Waals surface area contributed by atoms with Gasteiger partial charge in [-0.1, -0.05) is 27.7 Å². The highest BCUT2D eigenvalue weighted by Gasteiger charge is 2.43. The maximum Gasteiger partial charge on any atom is 0.452 e. The standard InChI is InChI=1S/C15H18N2O5S/c1-5-12(18)22-10-6-8-11(9-7-10)23(20,21)14(17-16)13(19)15(2,3)4/h6-9H,5H2,1-4H3. The summed E-state index contributed by atoms with van der Waals surface area (Å²) in [7, 11) is -4.27. The Hall–Kier alpha value is -2.31. The van der Waals surface area contributed by atoms with Gasteiger partial charge in [-0.25, -0.2) is 8.42 Å². The van der Waals surface area contributed by atoms with E-state index in [9.17, 15) is 18.0 Å². The minimum absolute atomic E-state index is 0.181. The third-order valence-electron chi connectivity index (χ3n) is 2.88. The van der Waals surface area contributed by atoms with Crippen LogP contribution in [0.25, 0.3) is 5.53 Å². The molecular weight excluding hydrogens is 320 g/mol. The van der Waals surface area contributed by atoms with Crippen LogP contribution >= 0.6 is 0 Å². The lowest BCUT2D eigenvalue weighted by Gasteiger charge is -2.13. The van der Waals surface area contributed by atoms with Crippen molar-refractivity contribution in [3.05, 3.63) is 29.8 Å². The molecular formula is C15H18N2O5S. The van der Waals surface area contributed by atoms with Crippen LogP contribution in [0.4, 0.5) is 0 Å². The summed E-state index contributed by atoms with van der Waals surface area (Å²) in [5.74, 6) is -1.08. The van der Waals surface area contributed by atoms with Crippen molar-refractivity contribution in [2.45, 2.75) is 39.0 Å². The molecule has 0 aromatic heterocycles. The van der Waals surface area contributed by atoms with Gasteiger partial charge >= 0.3 is 11.0 Å². The molecule has 0 bridgehead atoms. The summed E-state index contributed by atoms with van der Waals surface area (Å²) < 4.78 is 29.8. The SMILES string of the molecule is CCC(=O)Oc1ccc(S(=O)(=O)C(=[N+]=[N-])C(=O)C(C)(C)C)cc1. The number of rotatable bonds is 4. The Morgan fingerprint density at radius 1 is 1.17 bits per heavy atom. The molecule has 0 unspecified atom stereocenters. The molecule has 0 spiro atoms. The number of ketones is 1. The summed E-state index contributed by atoms with van der Waals surface area (Å²) in [5, 5.41) is -0.927. The fourth-order valence-electron chi connectivity index (χ4n) is 1.54. The zero-order valence-corrected chi connectivity index (χ0v) is 14.2. The van der Waals surface area contributed by atoms with Gasteiger partial charge in [-0.05, 0) is 24.3 Å². The Balaban J connectivity index is 3.21. The third kappa shape index (κ3) is 4.34. The molecule has 124 valence electrons. The van der Waals surface area contributed by atoms with Crippen molar-refractivity contribution >= 4 is 26.6 Å². The average Bonchev–Trinajstić information content (AvgIpc) is 2.47. The van der Waals surface area contributed by atoms with Gasteiger partial charge < -0.3 is 10.3 Å². The molecule has 23 heavy (non-hydrogen) atoms. The van der Waals surface area contributed by atoms with E-state index in [0.29, 0.717) is 0 Å². The van der Waals surface area contributed by atoms with Crippen LogP contribution < -0.4 is 4.74 Å². The number of Topliss-reactive ketones (excluding diaryl/α,β-unsaturated/α-hetero) is 1. The van der Waals surface area contributed by atoms with E-state index >= 15 is 0 Å². The van der Waals surface area contributed by atoms with Crippen molar-refractivity contribution in [2.24, 2.45) is 5.41 Å². The zero-order chi connectivity index (χ0) is 17.8. The quantitative estimate of drug-likeness (QED) is 0.208. The number of nitrogens with zero attached hydrogens (tertiary/aromatic N) is 2. The van der Waals surface area contributed by atoms with Gasteiger partial charge in [0.2, 0.25) is 0 Å². The predicted molar refractivity (Wildman–Crippen MR) is 82.6 cm³/mol.